The second kappa shape index (κ2) is 8.48. The van der Waals surface area contributed by atoms with Crippen LogP contribution in [-0.4, -0.2) is 61.7 Å². The fourth-order valence-electron chi connectivity index (χ4n) is 3.71. The van der Waals surface area contributed by atoms with Crippen LogP contribution in [0.15, 0.2) is 36.5 Å². The minimum Gasteiger partial charge on any atom is -0.486 e. The van der Waals surface area contributed by atoms with Gasteiger partial charge in [-0.05, 0) is 36.6 Å². The molecule has 2 aliphatic rings. The molecule has 0 unspecified atom stereocenters. The van der Waals surface area contributed by atoms with E-state index in [1.165, 1.54) is 0 Å². The molecule has 1 saturated heterocycles. The first-order chi connectivity index (χ1) is 13.7. The summed E-state index contributed by atoms with van der Waals surface area (Å²) in [5.41, 5.74) is 7.75. The van der Waals surface area contributed by atoms with Crippen molar-refractivity contribution in [3.8, 4) is 11.5 Å². The van der Waals surface area contributed by atoms with Crippen molar-refractivity contribution in [2.75, 3.05) is 50.8 Å². The molecule has 0 atom stereocenters. The third kappa shape index (κ3) is 4.04. The maximum atomic E-state index is 11.5. The summed E-state index contributed by atoms with van der Waals surface area (Å²) in [6, 6.07) is 9.82. The molecule has 0 bridgehead atoms. The molecule has 0 saturated carbocycles. The SMILES string of the molecule is NC(=O)c1ncccc1C[CH]CN1CCN(c2cccc3c2OCCO3)CC1. The molecule has 4 rings (SSSR count). The van der Waals surface area contributed by atoms with Gasteiger partial charge in [-0.2, -0.15) is 0 Å². The lowest BCUT2D eigenvalue weighted by molar-refractivity contribution is 0.0994. The van der Waals surface area contributed by atoms with Gasteiger partial charge in [0.25, 0.3) is 5.91 Å². The molecule has 7 nitrogen and oxygen atoms in total. The number of aromatic nitrogens is 1. The number of rotatable bonds is 6. The van der Waals surface area contributed by atoms with Crippen LogP contribution in [-0.2, 0) is 6.42 Å². The summed E-state index contributed by atoms with van der Waals surface area (Å²) >= 11 is 0. The maximum absolute atomic E-state index is 11.5. The maximum Gasteiger partial charge on any atom is 0.267 e. The van der Waals surface area contributed by atoms with Crippen molar-refractivity contribution in [1.29, 1.82) is 0 Å². The molecular weight excluding hydrogens is 356 g/mol. The van der Waals surface area contributed by atoms with Gasteiger partial charge in [0, 0.05) is 38.9 Å². The molecule has 3 heterocycles. The van der Waals surface area contributed by atoms with Crippen molar-refractivity contribution in [3.63, 3.8) is 0 Å². The van der Waals surface area contributed by atoms with Crippen LogP contribution in [0.4, 0.5) is 5.69 Å². The molecule has 7 heteroatoms. The first-order valence-electron chi connectivity index (χ1n) is 9.63. The number of carbonyl (C=O) groups excluding carboxylic acids is 1. The van der Waals surface area contributed by atoms with E-state index in [4.69, 9.17) is 15.2 Å². The Hall–Kier alpha value is -2.80. The van der Waals surface area contributed by atoms with Gasteiger partial charge in [-0.15, -0.1) is 0 Å². The van der Waals surface area contributed by atoms with Gasteiger partial charge in [0.15, 0.2) is 11.5 Å². The fraction of sp³-hybridized carbons (Fsp3) is 0.381. The van der Waals surface area contributed by atoms with E-state index in [0.717, 1.165) is 55.5 Å². The molecule has 0 spiro atoms. The number of amides is 1. The standard InChI is InChI=1S/C21H25N4O3/c22-21(26)19-16(4-2-8-23-19)5-3-9-24-10-12-25(13-11-24)17-6-1-7-18-20(17)28-15-14-27-18/h1-4,6-8H,5,9-15H2,(H2,22,26). The van der Waals surface area contributed by atoms with E-state index >= 15 is 0 Å². The topological polar surface area (TPSA) is 80.9 Å². The van der Waals surface area contributed by atoms with Gasteiger partial charge >= 0.3 is 0 Å². The van der Waals surface area contributed by atoms with Gasteiger partial charge in [0.1, 0.15) is 18.9 Å². The number of hydrogen-bond donors (Lipinski definition) is 1. The summed E-state index contributed by atoms with van der Waals surface area (Å²) in [5, 5.41) is 0. The van der Waals surface area contributed by atoms with Gasteiger partial charge in [-0.25, -0.2) is 0 Å². The first-order valence-corrected chi connectivity index (χ1v) is 9.63. The smallest absolute Gasteiger partial charge is 0.267 e. The third-order valence-electron chi connectivity index (χ3n) is 5.13. The molecule has 2 aromatic rings. The van der Waals surface area contributed by atoms with Crippen molar-refractivity contribution in [3.05, 3.63) is 54.2 Å². The summed E-state index contributed by atoms with van der Waals surface area (Å²) in [5.74, 6) is 1.22. The van der Waals surface area contributed by atoms with Crippen molar-refractivity contribution in [1.82, 2.24) is 9.88 Å². The summed E-state index contributed by atoms with van der Waals surface area (Å²) in [6.07, 6.45) is 4.46. The van der Waals surface area contributed by atoms with E-state index in [-0.39, 0.29) is 0 Å². The number of para-hydroxylation sites is 1. The Morgan fingerprint density at radius 2 is 1.93 bits per heavy atom. The quantitative estimate of drug-likeness (QED) is 0.817. The summed E-state index contributed by atoms with van der Waals surface area (Å²) in [7, 11) is 0. The number of nitrogens with zero attached hydrogens (tertiary/aromatic N) is 3. The average Bonchev–Trinajstić information content (AvgIpc) is 2.74. The fourth-order valence-corrected chi connectivity index (χ4v) is 3.71. The Morgan fingerprint density at radius 1 is 1.11 bits per heavy atom. The molecule has 2 N–H and O–H groups in total. The zero-order valence-electron chi connectivity index (χ0n) is 15.8. The van der Waals surface area contributed by atoms with E-state index in [9.17, 15) is 4.79 Å². The number of carbonyl (C=O) groups is 1. The molecule has 1 aromatic carbocycles. The first kappa shape index (κ1) is 18.6. The minimum absolute atomic E-state index is 0.361. The van der Waals surface area contributed by atoms with E-state index in [1.54, 1.807) is 6.20 Å². The monoisotopic (exact) mass is 381 g/mol. The molecular formula is C21H25N4O3. The van der Waals surface area contributed by atoms with E-state index in [0.29, 0.717) is 25.3 Å². The van der Waals surface area contributed by atoms with Crippen molar-refractivity contribution >= 4 is 11.6 Å². The summed E-state index contributed by atoms with van der Waals surface area (Å²) in [4.78, 5) is 20.3. The Morgan fingerprint density at radius 3 is 2.75 bits per heavy atom. The van der Waals surface area contributed by atoms with Crippen LogP contribution in [0.25, 0.3) is 0 Å². The zero-order chi connectivity index (χ0) is 19.3. The highest BCUT2D eigenvalue weighted by molar-refractivity contribution is 5.92. The Bertz CT molecular complexity index is 834. The van der Waals surface area contributed by atoms with E-state index in [2.05, 4.69) is 27.3 Å². The average molecular weight is 381 g/mol. The molecule has 0 aliphatic carbocycles. The zero-order valence-corrected chi connectivity index (χ0v) is 15.8. The highest BCUT2D eigenvalue weighted by atomic mass is 16.6. The number of primary amides is 1. The predicted octanol–water partition coefficient (Wildman–Crippen LogP) is 1.52. The highest BCUT2D eigenvalue weighted by Gasteiger charge is 2.23. The molecule has 1 aromatic heterocycles. The van der Waals surface area contributed by atoms with Gasteiger partial charge < -0.3 is 20.1 Å². The molecule has 2 aliphatic heterocycles. The van der Waals surface area contributed by atoms with E-state index in [1.807, 2.05) is 24.3 Å². The van der Waals surface area contributed by atoms with Gasteiger partial charge in [-0.3, -0.25) is 14.7 Å². The van der Waals surface area contributed by atoms with Crippen molar-refractivity contribution in [2.45, 2.75) is 6.42 Å². The highest BCUT2D eigenvalue weighted by Crippen LogP contribution is 2.39. The van der Waals surface area contributed by atoms with Gasteiger partial charge in [-0.1, -0.05) is 12.1 Å². The van der Waals surface area contributed by atoms with Crippen LogP contribution in [0.5, 0.6) is 11.5 Å². The summed E-state index contributed by atoms with van der Waals surface area (Å²) < 4.78 is 11.5. The Labute approximate surface area is 165 Å². The molecule has 1 fully saturated rings. The van der Waals surface area contributed by atoms with Gasteiger partial charge in [0.05, 0.1) is 5.69 Å². The molecule has 1 radical (unpaired) electrons. The number of benzene rings is 1. The second-order valence-electron chi connectivity index (χ2n) is 6.96. The summed E-state index contributed by atoms with van der Waals surface area (Å²) in [6.45, 7) is 5.89. The number of anilines is 1. The van der Waals surface area contributed by atoms with Crippen LogP contribution >= 0.6 is 0 Å². The van der Waals surface area contributed by atoms with Crippen LogP contribution in [0, 0.1) is 6.42 Å². The Kier molecular flexibility index (Phi) is 5.62. The van der Waals surface area contributed by atoms with Crippen LogP contribution in [0.3, 0.4) is 0 Å². The second-order valence-corrected chi connectivity index (χ2v) is 6.96. The molecule has 1 amide bonds. The van der Waals surface area contributed by atoms with Crippen LogP contribution in [0.1, 0.15) is 16.1 Å². The molecule has 28 heavy (non-hydrogen) atoms. The number of fused-ring (bicyclic) bond motifs is 1. The van der Waals surface area contributed by atoms with Crippen LogP contribution in [0.2, 0.25) is 0 Å². The lowest BCUT2D eigenvalue weighted by Gasteiger charge is -2.37. The van der Waals surface area contributed by atoms with Crippen LogP contribution < -0.4 is 20.1 Å². The predicted molar refractivity (Wildman–Crippen MR) is 107 cm³/mol. The third-order valence-corrected chi connectivity index (χ3v) is 5.13. The lowest BCUT2D eigenvalue weighted by atomic mass is 10.1. The lowest BCUT2D eigenvalue weighted by Crippen LogP contribution is -2.47. The number of pyridine rings is 1. The number of ether oxygens (including phenoxy) is 2. The van der Waals surface area contributed by atoms with Crippen molar-refractivity contribution in [2.24, 2.45) is 5.73 Å². The normalized spacial score (nSPS) is 16.8. The van der Waals surface area contributed by atoms with E-state index < -0.39 is 5.91 Å². The Balaban J connectivity index is 1.29. The minimum atomic E-state index is -0.477. The van der Waals surface area contributed by atoms with Gasteiger partial charge in [0.2, 0.25) is 0 Å². The number of nitrogens with two attached hydrogens (primary N) is 1. The number of hydrogen-bond acceptors (Lipinski definition) is 6. The number of piperazine rings is 1. The molecule has 147 valence electrons. The largest absolute Gasteiger partial charge is 0.486 e. The van der Waals surface area contributed by atoms with Crippen molar-refractivity contribution < 1.29 is 14.3 Å².